The van der Waals surface area contributed by atoms with E-state index in [-0.39, 0.29) is 17.8 Å². The first-order valence-corrected chi connectivity index (χ1v) is 6.23. The molecule has 94 valence electrons. The SMILES string of the molecule is OC(Cc1ccc(F)cc1)c1c(F)cccc1Br. The summed E-state index contributed by atoms with van der Waals surface area (Å²) < 4.78 is 26.9. The third-order valence-corrected chi connectivity index (χ3v) is 3.37. The summed E-state index contributed by atoms with van der Waals surface area (Å²) in [4.78, 5) is 0. The van der Waals surface area contributed by atoms with Gasteiger partial charge in [-0.05, 0) is 29.8 Å². The number of hydrogen-bond acceptors (Lipinski definition) is 1. The Morgan fingerprint density at radius 1 is 1.06 bits per heavy atom. The molecule has 1 unspecified atom stereocenters. The van der Waals surface area contributed by atoms with Crippen LogP contribution in [0.4, 0.5) is 8.78 Å². The Kier molecular flexibility index (Phi) is 4.09. The molecule has 0 heterocycles. The average Bonchev–Trinajstić information content (AvgIpc) is 2.32. The molecule has 1 nitrogen and oxygen atoms in total. The Hall–Kier alpha value is -1.26. The van der Waals surface area contributed by atoms with Gasteiger partial charge in [-0.3, -0.25) is 0 Å². The van der Waals surface area contributed by atoms with E-state index < -0.39 is 11.9 Å². The monoisotopic (exact) mass is 312 g/mol. The molecule has 1 N–H and O–H groups in total. The largest absolute Gasteiger partial charge is 0.388 e. The molecular weight excluding hydrogens is 302 g/mol. The van der Waals surface area contributed by atoms with Gasteiger partial charge in [0, 0.05) is 16.5 Å². The number of hydrogen-bond donors (Lipinski definition) is 1. The minimum Gasteiger partial charge on any atom is -0.388 e. The Balaban J connectivity index is 2.22. The van der Waals surface area contributed by atoms with Crippen LogP contribution in [0.1, 0.15) is 17.2 Å². The van der Waals surface area contributed by atoms with Crippen molar-refractivity contribution in [1.82, 2.24) is 0 Å². The first kappa shape index (κ1) is 13.2. The van der Waals surface area contributed by atoms with Gasteiger partial charge in [-0.2, -0.15) is 0 Å². The van der Waals surface area contributed by atoms with Gasteiger partial charge in [0.25, 0.3) is 0 Å². The van der Waals surface area contributed by atoms with Gasteiger partial charge in [0.05, 0.1) is 6.10 Å². The fourth-order valence-electron chi connectivity index (χ4n) is 1.77. The Morgan fingerprint density at radius 2 is 1.72 bits per heavy atom. The van der Waals surface area contributed by atoms with Crippen LogP contribution in [-0.4, -0.2) is 5.11 Å². The summed E-state index contributed by atoms with van der Waals surface area (Å²) in [5, 5.41) is 10.0. The second kappa shape index (κ2) is 5.59. The second-order valence-corrected chi connectivity index (χ2v) is 4.84. The van der Waals surface area contributed by atoms with Crippen LogP contribution in [0.25, 0.3) is 0 Å². The van der Waals surface area contributed by atoms with Gasteiger partial charge < -0.3 is 5.11 Å². The highest BCUT2D eigenvalue weighted by molar-refractivity contribution is 9.10. The van der Waals surface area contributed by atoms with E-state index in [1.54, 1.807) is 24.3 Å². The van der Waals surface area contributed by atoms with E-state index in [9.17, 15) is 13.9 Å². The summed E-state index contributed by atoms with van der Waals surface area (Å²) in [7, 11) is 0. The molecule has 0 radical (unpaired) electrons. The van der Waals surface area contributed by atoms with Crippen molar-refractivity contribution in [2.45, 2.75) is 12.5 Å². The summed E-state index contributed by atoms with van der Waals surface area (Å²) in [6, 6.07) is 10.3. The van der Waals surface area contributed by atoms with E-state index in [4.69, 9.17) is 0 Å². The maximum atomic E-state index is 13.6. The first-order chi connectivity index (χ1) is 8.58. The molecule has 1 atom stereocenters. The van der Waals surface area contributed by atoms with Crippen LogP contribution in [-0.2, 0) is 6.42 Å². The average molecular weight is 313 g/mol. The van der Waals surface area contributed by atoms with E-state index >= 15 is 0 Å². The van der Waals surface area contributed by atoms with Crippen LogP contribution < -0.4 is 0 Å². The van der Waals surface area contributed by atoms with Crippen LogP contribution in [0.15, 0.2) is 46.9 Å². The molecule has 0 saturated carbocycles. The summed E-state index contributed by atoms with van der Waals surface area (Å²) in [5.74, 6) is -0.792. The van der Waals surface area contributed by atoms with Crippen LogP contribution in [0, 0.1) is 11.6 Å². The first-order valence-electron chi connectivity index (χ1n) is 5.44. The number of halogens is 3. The van der Waals surface area contributed by atoms with Crippen LogP contribution in [0.2, 0.25) is 0 Å². The summed E-state index contributed by atoms with van der Waals surface area (Å²) in [5.41, 5.74) is 0.973. The number of aliphatic hydroxyl groups excluding tert-OH is 1. The van der Waals surface area contributed by atoms with E-state index in [1.165, 1.54) is 18.2 Å². The molecular formula is C14H11BrF2O. The third-order valence-electron chi connectivity index (χ3n) is 2.68. The van der Waals surface area contributed by atoms with Crippen molar-refractivity contribution in [1.29, 1.82) is 0 Å². The fraction of sp³-hybridized carbons (Fsp3) is 0.143. The van der Waals surface area contributed by atoms with Crippen molar-refractivity contribution in [3.63, 3.8) is 0 Å². The van der Waals surface area contributed by atoms with Crippen molar-refractivity contribution in [3.05, 3.63) is 69.7 Å². The van der Waals surface area contributed by atoms with Crippen LogP contribution >= 0.6 is 15.9 Å². The Labute approximate surface area is 112 Å². The number of benzene rings is 2. The smallest absolute Gasteiger partial charge is 0.130 e. The molecule has 0 saturated heterocycles. The van der Waals surface area contributed by atoms with E-state index in [0.29, 0.717) is 4.47 Å². The maximum Gasteiger partial charge on any atom is 0.130 e. The van der Waals surface area contributed by atoms with E-state index in [2.05, 4.69) is 15.9 Å². The van der Waals surface area contributed by atoms with Gasteiger partial charge in [-0.15, -0.1) is 0 Å². The van der Waals surface area contributed by atoms with Gasteiger partial charge in [-0.1, -0.05) is 34.1 Å². The standard InChI is InChI=1S/C14H11BrF2O/c15-11-2-1-3-12(17)14(11)13(18)8-9-4-6-10(16)7-5-9/h1-7,13,18H,8H2. The Bertz CT molecular complexity index is 520. The van der Waals surface area contributed by atoms with Gasteiger partial charge in [0.2, 0.25) is 0 Å². The molecule has 0 fully saturated rings. The van der Waals surface area contributed by atoms with Crippen molar-refractivity contribution in [2.75, 3.05) is 0 Å². The molecule has 18 heavy (non-hydrogen) atoms. The van der Waals surface area contributed by atoms with Crippen molar-refractivity contribution >= 4 is 15.9 Å². The summed E-state index contributed by atoms with van der Waals surface area (Å²) in [6.07, 6.45) is -0.731. The minimum absolute atomic E-state index is 0.224. The molecule has 0 aliphatic heterocycles. The number of rotatable bonds is 3. The molecule has 0 spiro atoms. The zero-order chi connectivity index (χ0) is 13.1. The van der Waals surface area contributed by atoms with Gasteiger partial charge in [0.15, 0.2) is 0 Å². The lowest BCUT2D eigenvalue weighted by atomic mass is 10.0. The predicted octanol–water partition coefficient (Wildman–Crippen LogP) is 4.00. The quantitative estimate of drug-likeness (QED) is 0.908. The lowest BCUT2D eigenvalue weighted by molar-refractivity contribution is 0.173. The summed E-state index contributed by atoms with van der Waals surface area (Å²) in [6.45, 7) is 0. The zero-order valence-electron chi connectivity index (χ0n) is 9.41. The topological polar surface area (TPSA) is 20.2 Å². The maximum absolute atomic E-state index is 13.6. The highest BCUT2D eigenvalue weighted by atomic mass is 79.9. The second-order valence-electron chi connectivity index (χ2n) is 3.98. The van der Waals surface area contributed by atoms with E-state index in [1.807, 2.05) is 0 Å². The third kappa shape index (κ3) is 2.94. The molecule has 2 aromatic carbocycles. The highest BCUT2D eigenvalue weighted by Gasteiger charge is 2.16. The predicted molar refractivity (Wildman–Crippen MR) is 69.2 cm³/mol. The molecule has 0 aromatic heterocycles. The van der Waals surface area contributed by atoms with Gasteiger partial charge in [0.1, 0.15) is 11.6 Å². The molecule has 4 heteroatoms. The fourth-order valence-corrected chi connectivity index (χ4v) is 2.38. The van der Waals surface area contributed by atoms with Crippen molar-refractivity contribution < 1.29 is 13.9 Å². The molecule has 0 bridgehead atoms. The highest BCUT2D eigenvalue weighted by Crippen LogP contribution is 2.28. The van der Waals surface area contributed by atoms with Crippen LogP contribution in [0.5, 0.6) is 0 Å². The molecule has 0 amide bonds. The summed E-state index contributed by atoms with van der Waals surface area (Å²) >= 11 is 3.21. The van der Waals surface area contributed by atoms with Crippen molar-refractivity contribution in [2.24, 2.45) is 0 Å². The lowest BCUT2D eigenvalue weighted by Gasteiger charge is -2.13. The van der Waals surface area contributed by atoms with Gasteiger partial charge in [-0.25, -0.2) is 8.78 Å². The normalized spacial score (nSPS) is 12.4. The number of aliphatic hydroxyl groups is 1. The minimum atomic E-state index is -0.967. The van der Waals surface area contributed by atoms with Crippen molar-refractivity contribution in [3.8, 4) is 0 Å². The molecule has 0 aliphatic carbocycles. The molecule has 2 rings (SSSR count). The lowest BCUT2D eigenvalue weighted by Crippen LogP contribution is -2.05. The molecule has 0 aliphatic rings. The zero-order valence-corrected chi connectivity index (χ0v) is 11.0. The van der Waals surface area contributed by atoms with Crippen LogP contribution in [0.3, 0.4) is 0 Å². The Morgan fingerprint density at radius 3 is 2.33 bits per heavy atom. The van der Waals surface area contributed by atoms with E-state index in [0.717, 1.165) is 5.56 Å². The molecule has 2 aromatic rings. The van der Waals surface area contributed by atoms with Gasteiger partial charge >= 0.3 is 0 Å².